The largest absolute Gasteiger partial charge is 0.493 e. The minimum atomic E-state index is -1.12. The SMILES string of the molecule is O=C(Cn1cc(Nc2ncnc3cc(OCCCNCCOCCO)ccc23)cn1)Nc1cccc(F)c1F. The van der Waals surface area contributed by atoms with Crippen LogP contribution in [-0.2, 0) is 16.1 Å². The summed E-state index contributed by atoms with van der Waals surface area (Å²) in [6, 6.07) is 9.09. The highest BCUT2D eigenvalue weighted by Crippen LogP contribution is 2.26. The highest BCUT2D eigenvalue weighted by atomic mass is 19.2. The van der Waals surface area contributed by atoms with Crippen molar-refractivity contribution in [3.63, 3.8) is 0 Å². The predicted molar refractivity (Wildman–Crippen MR) is 141 cm³/mol. The van der Waals surface area contributed by atoms with E-state index in [4.69, 9.17) is 14.6 Å². The molecule has 0 bridgehead atoms. The number of aliphatic hydroxyl groups excluding tert-OH is 1. The number of fused-ring (bicyclic) bond motifs is 1. The molecular formula is C26H29F2N7O4. The third-order valence-corrected chi connectivity index (χ3v) is 5.46. The maximum Gasteiger partial charge on any atom is 0.246 e. The molecule has 206 valence electrons. The summed E-state index contributed by atoms with van der Waals surface area (Å²) in [4.78, 5) is 20.9. The van der Waals surface area contributed by atoms with E-state index in [2.05, 4.69) is 31.0 Å². The first-order valence-corrected chi connectivity index (χ1v) is 12.3. The molecule has 2 aromatic carbocycles. The van der Waals surface area contributed by atoms with Gasteiger partial charge in [-0.1, -0.05) is 6.07 Å². The predicted octanol–water partition coefficient (Wildman–Crippen LogP) is 2.85. The molecule has 0 radical (unpaired) electrons. The van der Waals surface area contributed by atoms with Crippen LogP contribution in [-0.4, -0.2) is 70.3 Å². The maximum atomic E-state index is 13.8. The zero-order valence-corrected chi connectivity index (χ0v) is 21.1. The fraction of sp³-hybridized carbons (Fsp3) is 0.308. The number of aromatic nitrogens is 4. The Morgan fingerprint density at radius 3 is 2.85 bits per heavy atom. The van der Waals surface area contributed by atoms with Gasteiger partial charge in [0.2, 0.25) is 5.91 Å². The van der Waals surface area contributed by atoms with Crippen molar-refractivity contribution in [2.45, 2.75) is 13.0 Å². The Kier molecular flexibility index (Phi) is 10.1. The highest BCUT2D eigenvalue weighted by Gasteiger charge is 2.12. The molecule has 13 heteroatoms. The van der Waals surface area contributed by atoms with Crippen LogP contribution in [0.25, 0.3) is 10.9 Å². The number of ether oxygens (including phenoxy) is 2. The molecule has 1 amide bonds. The summed E-state index contributed by atoms with van der Waals surface area (Å²) in [5.74, 6) is -1.49. The van der Waals surface area contributed by atoms with Crippen LogP contribution in [0.2, 0.25) is 0 Å². The molecule has 0 aliphatic heterocycles. The molecule has 0 spiro atoms. The molecule has 0 fully saturated rings. The number of hydrogen-bond acceptors (Lipinski definition) is 9. The van der Waals surface area contributed by atoms with Gasteiger partial charge >= 0.3 is 0 Å². The first-order valence-electron chi connectivity index (χ1n) is 12.3. The molecule has 0 aliphatic carbocycles. The van der Waals surface area contributed by atoms with E-state index in [0.717, 1.165) is 24.4 Å². The second-order valence-electron chi connectivity index (χ2n) is 8.39. The van der Waals surface area contributed by atoms with Crippen molar-refractivity contribution in [2.24, 2.45) is 0 Å². The van der Waals surface area contributed by atoms with Crippen molar-refractivity contribution < 1.29 is 28.2 Å². The van der Waals surface area contributed by atoms with E-state index >= 15 is 0 Å². The molecule has 4 N–H and O–H groups in total. The average molecular weight is 542 g/mol. The van der Waals surface area contributed by atoms with Crippen molar-refractivity contribution in [3.8, 4) is 5.75 Å². The number of anilines is 3. The maximum absolute atomic E-state index is 13.8. The molecule has 0 aliphatic rings. The summed E-state index contributed by atoms with van der Waals surface area (Å²) in [7, 11) is 0. The second-order valence-corrected chi connectivity index (χ2v) is 8.39. The van der Waals surface area contributed by atoms with Crippen LogP contribution in [0.3, 0.4) is 0 Å². The Morgan fingerprint density at radius 1 is 1.08 bits per heavy atom. The number of aliphatic hydroxyl groups is 1. The van der Waals surface area contributed by atoms with Gasteiger partial charge in [-0.25, -0.2) is 18.7 Å². The van der Waals surface area contributed by atoms with Crippen molar-refractivity contribution in [2.75, 3.05) is 50.2 Å². The summed E-state index contributed by atoms with van der Waals surface area (Å²) in [5, 5.41) is 22.3. The standard InChI is InChI=1S/C26H29F2N7O4/c27-21-3-1-4-22(25(21)28)34-24(37)16-35-15-18(14-32-35)33-26-20-6-5-19(13-23(20)30-17-31-26)39-10-2-7-29-8-11-38-12-9-36/h1,3-6,13-15,17,29,36H,2,7-12,16H2,(H,34,37)(H,30,31,33). The average Bonchev–Trinajstić information content (AvgIpc) is 3.36. The van der Waals surface area contributed by atoms with E-state index in [9.17, 15) is 13.6 Å². The number of hydrogen-bond donors (Lipinski definition) is 4. The van der Waals surface area contributed by atoms with E-state index in [-0.39, 0.29) is 18.8 Å². The molecule has 0 saturated carbocycles. The second kappa shape index (κ2) is 14.1. The minimum Gasteiger partial charge on any atom is -0.493 e. The Labute approximate surface area is 223 Å². The number of nitrogens with zero attached hydrogens (tertiary/aromatic N) is 4. The topological polar surface area (TPSA) is 135 Å². The lowest BCUT2D eigenvalue weighted by molar-refractivity contribution is -0.116. The smallest absolute Gasteiger partial charge is 0.246 e. The molecule has 2 aromatic heterocycles. The van der Waals surface area contributed by atoms with Crippen LogP contribution in [0.1, 0.15) is 6.42 Å². The van der Waals surface area contributed by atoms with Gasteiger partial charge in [0, 0.05) is 24.2 Å². The number of amides is 1. The lowest BCUT2D eigenvalue weighted by Crippen LogP contribution is -2.22. The van der Waals surface area contributed by atoms with Gasteiger partial charge in [0.15, 0.2) is 11.6 Å². The number of nitrogens with one attached hydrogen (secondary N) is 3. The van der Waals surface area contributed by atoms with Gasteiger partial charge in [-0.2, -0.15) is 5.10 Å². The lowest BCUT2D eigenvalue weighted by atomic mass is 10.2. The molecule has 0 unspecified atom stereocenters. The van der Waals surface area contributed by atoms with Gasteiger partial charge in [-0.15, -0.1) is 0 Å². The van der Waals surface area contributed by atoms with Gasteiger partial charge in [0.05, 0.1) is 49.5 Å². The number of halogens is 2. The fourth-order valence-corrected chi connectivity index (χ4v) is 3.64. The van der Waals surface area contributed by atoms with E-state index in [0.29, 0.717) is 49.1 Å². The van der Waals surface area contributed by atoms with E-state index in [1.54, 1.807) is 6.20 Å². The summed E-state index contributed by atoms with van der Waals surface area (Å²) in [5.41, 5.74) is 1.03. The molecule has 0 saturated heterocycles. The summed E-state index contributed by atoms with van der Waals surface area (Å²) in [6.07, 6.45) is 5.37. The molecule has 39 heavy (non-hydrogen) atoms. The van der Waals surface area contributed by atoms with Crippen molar-refractivity contribution in [1.82, 2.24) is 25.1 Å². The van der Waals surface area contributed by atoms with Gasteiger partial charge < -0.3 is 30.5 Å². The van der Waals surface area contributed by atoms with Crippen molar-refractivity contribution in [1.29, 1.82) is 0 Å². The van der Waals surface area contributed by atoms with Gasteiger partial charge in [0.25, 0.3) is 0 Å². The summed E-state index contributed by atoms with van der Waals surface area (Å²) in [6.45, 7) is 2.75. The van der Waals surface area contributed by atoms with Crippen LogP contribution < -0.4 is 20.7 Å². The zero-order chi connectivity index (χ0) is 27.5. The monoisotopic (exact) mass is 541 g/mol. The lowest BCUT2D eigenvalue weighted by Gasteiger charge is -2.10. The van der Waals surface area contributed by atoms with Crippen molar-refractivity contribution in [3.05, 3.63) is 66.8 Å². The van der Waals surface area contributed by atoms with Gasteiger partial charge in [-0.05, 0) is 37.2 Å². The van der Waals surface area contributed by atoms with Crippen LogP contribution >= 0.6 is 0 Å². The fourth-order valence-electron chi connectivity index (χ4n) is 3.64. The van der Waals surface area contributed by atoms with E-state index < -0.39 is 17.5 Å². The normalized spacial score (nSPS) is 11.1. The minimum absolute atomic E-state index is 0.0252. The van der Waals surface area contributed by atoms with Crippen LogP contribution in [0.15, 0.2) is 55.1 Å². The quantitative estimate of drug-likeness (QED) is 0.168. The number of carbonyl (C=O) groups excluding carboxylic acids is 1. The molecule has 4 aromatic rings. The Morgan fingerprint density at radius 2 is 1.97 bits per heavy atom. The van der Waals surface area contributed by atoms with E-state index in [1.807, 2.05) is 18.2 Å². The van der Waals surface area contributed by atoms with Crippen LogP contribution in [0.5, 0.6) is 5.75 Å². The Bertz CT molecular complexity index is 1390. The Balaban J connectivity index is 1.28. The van der Waals surface area contributed by atoms with Gasteiger partial charge in [-0.3, -0.25) is 9.48 Å². The molecule has 4 rings (SSSR count). The first kappa shape index (κ1) is 27.8. The van der Waals surface area contributed by atoms with Crippen molar-refractivity contribution >= 4 is 34.0 Å². The zero-order valence-electron chi connectivity index (χ0n) is 21.1. The number of benzene rings is 2. The third kappa shape index (κ3) is 8.14. The molecule has 11 nitrogen and oxygen atoms in total. The van der Waals surface area contributed by atoms with Crippen LogP contribution in [0, 0.1) is 11.6 Å². The number of rotatable bonds is 15. The van der Waals surface area contributed by atoms with Crippen LogP contribution in [0.4, 0.5) is 26.0 Å². The van der Waals surface area contributed by atoms with E-state index in [1.165, 1.54) is 29.3 Å². The Hall–Kier alpha value is -4.20. The molecular weight excluding hydrogens is 512 g/mol. The first-order chi connectivity index (χ1) is 19.0. The third-order valence-electron chi connectivity index (χ3n) is 5.46. The molecule has 0 atom stereocenters. The highest BCUT2D eigenvalue weighted by molar-refractivity contribution is 5.92. The molecule has 2 heterocycles. The summed E-state index contributed by atoms with van der Waals surface area (Å²) >= 11 is 0. The number of carbonyl (C=O) groups is 1. The summed E-state index contributed by atoms with van der Waals surface area (Å²) < 4.78 is 39.5. The van der Waals surface area contributed by atoms with Gasteiger partial charge in [0.1, 0.15) is 24.4 Å².